The number of rotatable bonds is 4. The first-order valence-corrected chi connectivity index (χ1v) is 11.1. The van der Waals surface area contributed by atoms with Crippen molar-refractivity contribution in [3.05, 3.63) is 69.1 Å². The van der Waals surface area contributed by atoms with Gasteiger partial charge in [-0.2, -0.15) is 0 Å². The number of nitrogens with zero attached hydrogens (tertiary/aromatic N) is 2. The van der Waals surface area contributed by atoms with Crippen molar-refractivity contribution in [1.29, 1.82) is 0 Å². The van der Waals surface area contributed by atoms with E-state index in [0.717, 1.165) is 53.0 Å². The molecule has 7 nitrogen and oxygen atoms in total. The number of β-amino-alcohol motifs (C(OH)–C–C–N with tert-alkyl or cyclic N) is 1. The number of hydrogen-bond acceptors (Lipinski definition) is 6. The lowest BCUT2D eigenvalue weighted by atomic mass is 9.95. The fraction of sp³-hybridized carbons (Fsp3) is 0.440. The molecule has 4 aliphatic heterocycles. The zero-order chi connectivity index (χ0) is 22.6. The molecule has 1 aromatic rings. The SMILES string of the molecule is C=C1OCC(N2CC3=C(CCN(C[C@H](O)c4ccc5c(c4C)COC5=O)CC3)C2=O)=C1C. The molecular formula is C25H28N2O5. The number of carbonyl (C=O) groups excluding carboxylic acids is 2. The topological polar surface area (TPSA) is 79.3 Å². The molecule has 5 rings (SSSR count). The molecule has 0 spiro atoms. The first kappa shape index (κ1) is 21.0. The molecule has 7 heteroatoms. The van der Waals surface area contributed by atoms with Crippen LogP contribution < -0.4 is 0 Å². The molecule has 4 heterocycles. The predicted octanol–water partition coefficient (Wildman–Crippen LogP) is 2.75. The van der Waals surface area contributed by atoms with Crippen LogP contribution in [-0.4, -0.2) is 59.6 Å². The molecule has 0 bridgehead atoms. The number of cyclic esters (lactones) is 1. The molecule has 0 aliphatic carbocycles. The number of esters is 1. The Labute approximate surface area is 187 Å². The third-order valence-corrected chi connectivity index (χ3v) is 7.24. The monoisotopic (exact) mass is 436 g/mol. The number of fused-ring (bicyclic) bond motifs is 1. The van der Waals surface area contributed by atoms with Gasteiger partial charge in [0.1, 0.15) is 19.0 Å². The van der Waals surface area contributed by atoms with Crippen molar-refractivity contribution in [3.63, 3.8) is 0 Å². The van der Waals surface area contributed by atoms with Gasteiger partial charge in [0.05, 0.1) is 17.4 Å². The standard InChI is InChI=1S/C25H28N2O5/c1-14-16(3)31-13-22(14)27-10-17-6-8-26(9-7-19(17)24(27)29)11-23(28)18-4-5-20-21(15(18)2)12-32-25(20)30/h4-5,23,28H,3,6-13H2,1-2H3/t23-/m0/s1. The summed E-state index contributed by atoms with van der Waals surface area (Å²) in [5.41, 5.74) is 7.20. The van der Waals surface area contributed by atoms with Gasteiger partial charge in [-0.15, -0.1) is 0 Å². The maximum atomic E-state index is 13.1. The second-order valence-corrected chi connectivity index (χ2v) is 8.96. The van der Waals surface area contributed by atoms with E-state index in [0.29, 0.717) is 37.4 Å². The Bertz CT molecular complexity index is 1100. The largest absolute Gasteiger partial charge is 0.488 e. The lowest BCUT2D eigenvalue weighted by Gasteiger charge is -2.26. The minimum Gasteiger partial charge on any atom is -0.488 e. The number of allylic oxidation sites excluding steroid dienone is 1. The van der Waals surface area contributed by atoms with E-state index in [1.807, 2.05) is 24.8 Å². The normalized spacial score (nSPS) is 22.2. The summed E-state index contributed by atoms with van der Waals surface area (Å²) >= 11 is 0. The minimum absolute atomic E-state index is 0.0779. The maximum Gasteiger partial charge on any atom is 0.338 e. The van der Waals surface area contributed by atoms with Gasteiger partial charge in [-0.1, -0.05) is 12.6 Å². The highest BCUT2D eigenvalue weighted by molar-refractivity contribution is 5.98. The lowest BCUT2D eigenvalue weighted by molar-refractivity contribution is -0.124. The number of aliphatic hydroxyl groups is 1. The quantitative estimate of drug-likeness (QED) is 0.732. The molecule has 0 unspecified atom stereocenters. The Morgan fingerprint density at radius 3 is 2.66 bits per heavy atom. The fourth-order valence-corrected chi connectivity index (χ4v) is 5.15. The van der Waals surface area contributed by atoms with Gasteiger partial charge in [-0.3, -0.25) is 9.69 Å². The Balaban J connectivity index is 1.24. The average molecular weight is 437 g/mol. The van der Waals surface area contributed by atoms with Gasteiger partial charge in [0.25, 0.3) is 5.91 Å². The van der Waals surface area contributed by atoms with Crippen LogP contribution >= 0.6 is 0 Å². The molecule has 32 heavy (non-hydrogen) atoms. The van der Waals surface area contributed by atoms with E-state index in [1.165, 1.54) is 5.57 Å². The fourth-order valence-electron chi connectivity index (χ4n) is 5.15. The first-order chi connectivity index (χ1) is 15.3. The van der Waals surface area contributed by atoms with Crippen LogP contribution in [0.1, 0.15) is 52.9 Å². The van der Waals surface area contributed by atoms with Gasteiger partial charge in [0, 0.05) is 42.9 Å². The molecule has 168 valence electrons. The van der Waals surface area contributed by atoms with Crippen LogP contribution in [0.3, 0.4) is 0 Å². The summed E-state index contributed by atoms with van der Waals surface area (Å²) in [6.45, 7) is 11.1. The zero-order valence-electron chi connectivity index (χ0n) is 18.6. The molecule has 1 amide bonds. The summed E-state index contributed by atoms with van der Waals surface area (Å²) in [7, 11) is 0. The second-order valence-electron chi connectivity index (χ2n) is 8.96. The smallest absolute Gasteiger partial charge is 0.338 e. The molecule has 0 aromatic heterocycles. The van der Waals surface area contributed by atoms with Crippen molar-refractivity contribution in [1.82, 2.24) is 9.80 Å². The van der Waals surface area contributed by atoms with Crippen molar-refractivity contribution in [2.24, 2.45) is 0 Å². The molecule has 1 aromatic carbocycles. The Kier molecular flexibility index (Phi) is 5.18. The number of benzene rings is 1. The highest BCUT2D eigenvalue weighted by atomic mass is 16.5. The van der Waals surface area contributed by atoms with Gasteiger partial charge in [0.2, 0.25) is 0 Å². The van der Waals surface area contributed by atoms with Gasteiger partial charge < -0.3 is 19.5 Å². The predicted molar refractivity (Wildman–Crippen MR) is 117 cm³/mol. The van der Waals surface area contributed by atoms with Crippen molar-refractivity contribution in [3.8, 4) is 0 Å². The van der Waals surface area contributed by atoms with E-state index in [9.17, 15) is 14.7 Å². The van der Waals surface area contributed by atoms with E-state index in [2.05, 4.69) is 11.5 Å². The second kappa shape index (κ2) is 7.90. The molecule has 0 fully saturated rings. The van der Waals surface area contributed by atoms with Crippen LogP contribution in [0.15, 0.2) is 46.9 Å². The van der Waals surface area contributed by atoms with Crippen molar-refractivity contribution in [2.75, 3.05) is 32.8 Å². The lowest BCUT2D eigenvalue weighted by Crippen LogP contribution is -2.33. The molecular weight excluding hydrogens is 408 g/mol. The molecule has 0 saturated carbocycles. The molecule has 0 radical (unpaired) electrons. The summed E-state index contributed by atoms with van der Waals surface area (Å²) in [5, 5.41) is 11.0. The zero-order valence-corrected chi connectivity index (χ0v) is 18.6. The summed E-state index contributed by atoms with van der Waals surface area (Å²) in [6.07, 6.45) is 0.826. The van der Waals surface area contributed by atoms with E-state index < -0.39 is 6.10 Å². The van der Waals surface area contributed by atoms with E-state index >= 15 is 0 Å². The number of amides is 1. The summed E-state index contributed by atoms with van der Waals surface area (Å²) in [4.78, 5) is 28.9. The number of hydrogen-bond donors (Lipinski definition) is 1. The highest BCUT2D eigenvalue weighted by Crippen LogP contribution is 2.35. The van der Waals surface area contributed by atoms with Crippen LogP contribution in [0.4, 0.5) is 0 Å². The van der Waals surface area contributed by atoms with E-state index in [-0.39, 0.29) is 18.5 Å². The Morgan fingerprint density at radius 2 is 1.91 bits per heavy atom. The third kappa shape index (κ3) is 3.36. The highest BCUT2D eigenvalue weighted by Gasteiger charge is 2.36. The maximum absolute atomic E-state index is 13.1. The molecule has 1 atom stereocenters. The number of ether oxygens (including phenoxy) is 2. The average Bonchev–Trinajstić information content (AvgIpc) is 3.35. The molecule has 1 N–H and O–H groups in total. The van der Waals surface area contributed by atoms with Gasteiger partial charge in [-0.05, 0) is 49.5 Å². The van der Waals surface area contributed by atoms with Crippen LogP contribution in [0.5, 0.6) is 0 Å². The van der Waals surface area contributed by atoms with Crippen LogP contribution in [0.25, 0.3) is 0 Å². The number of aliphatic hydroxyl groups excluding tert-OH is 1. The summed E-state index contributed by atoms with van der Waals surface area (Å²) in [6, 6.07) is 3.58. The third-order valence-electron chi connectivity index (χ3n) is 7.24. The van der Waals surface area contributed by atoms with Crippen LogP contribution in [0.2, 0.25) is 0 Å². The minimum atomic E-state index is -0.661. The van der Waals surface area contributed by atoms with Gasteiger partial charge >= 0.3 is 5.97 Å². The van der Waals surface area contributed by atoms with Crippen molar-refractivity contribution >= 4 is 11.9 Å². The van der Waals surface area contributed by atoms with E-state index in [1.54, 1.807) is 6.07 Å². The van der Waals surface area contributed by atoms with Gasteiger partial charge in [0.15, 0.2) is 0 Å². The Morgan fingerprint density at radius 1 is 1.12 bits per heavy atom. The van der Waals surface area contributed by atoms with Crippen LogP contribution in [-0.2, 0) is 20.9 Å². The van der Waals surface area contributed by atoms with Crippen LogP contribution in [0, 0.1) is 6.92 Å². The first-order valence-electron chi connectivity index (χ1n) is 11.1. The van der Waals surface area contributed by atoms with Gasteiger partial charge in [-0.25, -0.2) is 4.79 Å². The van der Waals surface area contributed by atoms with E-state index in [4.69, 9.17) is 9.47 Å². The van der Waals surface area contributed by atoms with Crippen molar-refractivity contribution < 1.29 is 24.2 Å². The molecule has 4 aliphatic rings. The molecule has 0 saturated heterocycles. The summed E-state index contributed by atoms with van der Waals surface area (Å²) in [5.74, 6) is 0.428. The summed E-state index contributed by atoms with van der Waals surface area (Å²) < 4.78 is 10.6. The number of carbonyl (C=O) groups is 2. The Hall–Kier alpha value is -2.90. The van der Waals surface area contributed by atoms with Crippen molar-refractivity contribution in [2.45, 2.75) is 39.4 Å².